The Morgan fingerprint density at radius 1 is 1.00 bits per heavy atom. The van der Waals surface area contributed by atoms with E-state index in [1.165, 1.54) is 4.90 Å². The fourth-order valence-electron chi connectivity index (χ4n) is 3.84. The zero-order valence-electron chi connectivity index (χ0n) is 15.7. The fourth-order valence-corrected chi connectivity index (χ4v) is 3.84. The molecule has 2 fully saturated rings. The third kappa shape index (κ3) is 3.73. The first kappa shape index (κ1) is 18.5. The van der Waals surface area contributed by atoms with E-state index in [1.54, 1.807) is 4.90 Å². The number of rotatable bonds is 6. The summed E-state index contributed by atoms with van der Waals surface area (Å²) in [5.41, 5.74) is 2.20. The van der Waals surface area contributed by atoms with Gasteiger partial charge in [-0.3, -0.25) is 9.69 Å². The Morgan fingerprint density at radius 3 is 2.43 bits per heavy atom. The fraction of sp³-hybridized carbons (Fsp3) is 0.364. The maximum absolute atomic E-state index is 12.4. The molecule has 28 heavy (non-hydrogen) atoms. The van der Waals surface area contributed by atoms with Gasteiger partial charge in [-0.1, -0.05) is 42.5 Å². The number of piperidine rings is 1. The van der Waals surface area contributed by atoms with Gasteiger partial charge in [0.25, 0.3) is 5.91 Å². The highest BCUT2D eigenvalue weighted by Crippen LogP contribution is 2.27. The Morgan fingerprint density at radius 2 is 1.71 bits per heavy atom. The van der Waals surface area contributed by atoms with E-state index in [9.17, 15) is 14.7 Å². The van der Waals surface area contributed by atoms with Gasteiger partial charge in [-0.15, -0.1) is 0 Å². The van der Waals surface area contributed by atoms with E-state index < -0.39 is 6.10 Å². The van der Waals surface area contributed by atoms with E-state index in [0.717, 1.165) is 24.0 Å². The number of amides is 3. The van der Waals surface area contributed by atoms with Gasteiger partial charge in [0, 0.05) is 6.54 Å². The number of β-amino-alcohol motifs (C(OH)–C–C–N with tert-alkyl or cyclic N) is 1. The maximum Gasteiger partial charge on any atom is 0.327 e. The van der Waals surface area contributed by atoms with Crippen LogP contribution in [0.3, 0.4) is 0 Å². The first-order chi connectivity index (χ1) is 13.6. The molecular formula is C22H24N2O4. The molecule has 2 aliphatic rings. The molecular weight excluding hydrogens is 356 g/mol. The number of aliphatic hydroxyl groups is 1. The van der Waals surface area contributed by atoms with Crippen LogP contribution in [0.4, 0.5) is 4.79 Å². The quantitative estimate of drug-likeness (QED) is 0.783. The molecule has 2 saturated heterocycles. The Labute approximate surface area is 164 Å². The van der Waals surface area contributed by atoms with Gasteiger partial charge in [-0.2, -0.15) is 0 Å². The third-order valence-corrected chi connectivity index (χ3v) is 5.33. The Balaban J connectivity index is 1.31. The summed E-state index contributed by atoms with van der Waals surface area (Å²) < 4.78 is 5.65. The Kier molecular flexibility index (Phi) is 5.30. The summed E-state index contributed by atoms with van der Waals surface area (Å²) in [7, 11) is 0. The lowest BCUT2D eigenvalue weighted by Crippen LogP contribution is -2.40. The molecule has 2 aromatic carbocycles. The van der Waals surface area contributed by atoms with Gasteiger partial charge in [-0.25, -0.2) is 4.79 Å². The second-order valence-corrected chi connectivity index (χ2v) is 7.29. The number of imide groups is 1. The molecule has 2 atom stereocenters. The summed E-state index contributed by atoms with van der Waals surface area (Å²) >= 11 is 0. The average molecular weight is 380 g/mol. The van der Waals surface area contributed by atoms with Crippen LogP contribution in [0.5, 0.6) is 5.75 Å². The number of fused-ring (bicyclic) bond motifs is 1. The second-order valence-electron chi connectivity index (χ2n) is 7.29. The van der Waals surface area contributed by atoms with Crippen LogP contribution in [-0.2, 0) is 4.79 Å². The smallest absolute Gasteiger partial charge is 0.327 e. The van der Waals surface area contributed by atoms with Crippen molar-refractivity contribution < 1.29 is 19.4 Å². The molecule has 0 bridgehead atoms. The minimum Gasteiger partial charge on any atom is -0.491 e. The molecule has 1 N–H and O–H groups in total. The topological polar surface area (TPSA) is 70.1 Å². The van der Waals surface area contributed by atoms with Gasteiger partial charge in [-0.05, 0) is 42.5 Å². The van der Waals surface area contributed by atoms with Gasteiger partial charge in [0.2, 0.25) is 0 Å². The van der Waals surface area contributed by atoms with Crippen LogP contribution < -0.4 is 4.74 Å². The summed E-state index contributed by atoms with van der Waals surface area (Å²) in [6.07, 6.45) is 1.66. The number of carbonyl (C=O) groups is 2. The van der Waals surface area contributed by atoms with Crippen LogP contribution in [-0.4, -0.2) is 58.7 Å². The molecule has 0 aromatic heterocycles. The molecule has 0 saturated carbocycles. The lowest BCUT2D eigenvalue weighted by atomic mass is 10.0. The standard InChI is InChI=1S/C22H24N2O4/c25-18(14-24-21(26)20-8-4-5-13-23(20)22(24)27)15-28-19-11-9-17(10-12-19)16-6-2-1-3-7-16/h1-3,6-7,9-12,18,20,25H,4-5,8,13-15H2/t18-,20-/m0/s1. The van der Waals surface area contributed by atoms with Gasteiger partial charge < -0.3 is 14.7 Å². The van der Waals surface area contributed by atoms with Crippen molar-refractivity contribution >= 4 is 11.9 Å². The van der Waals surface area contributed by atoms with Crippen LogP contribution in [0.25, 0.3) is 11.1 Å². The molecule has 6 heteroatoms. The van der Waals surface area contributed by atoms with Crippen molar-refractivity contribution in [3.05, 3.63) is 54.6 Å². The van der Waals surface area contributed by atoms with Crippen molar-refractivity contribution in [2.75, 3.05) is 19.7 Å². The molecule has 4 rings (SSSR count). The molecule has 0 radical (unpaired) electrons. The predicted octanol–water partition coefficient (Wildman–Crippen LogP) is 2.91. The predicted molar refractivity (Wildman–Crippen MR) is 105 cm³/mol. The van der Waals surface area contributed by atoms with Crippen molar-refractivity contribution in [3.63, 3.8) is 0 Å². The van der Waals surface area contributed by atoms with Gasteiger partial charge in [0.05, 0.1) is 6.54 Å². The molecule has 2 aliphatic heterocycles. The molecule has 3 amide bonds. The number of benzene rings is 2. The number of urea groups is 1. The normalized spacial score (nSPS) is 20.2. The van der Waals surface area contributed by atoms with E-state index >= 15 is 0 Å². The van der Waals surface area contributed by atoms with E-state index in [2.05, 4.69) is 0 Å². The lowest BCUT2D eigenvalue weighted by Gasteiger charge is -2.26. The van der Waals surface area contributed by atoms with Crippen LogP contribution in [0.2, 0.25) is 0 Å². The minimum absolute atomic E-state index is 0.0202. The minimum atomic E-state index is -0.928. The monoisotopic (exact) mass is 380 g/mol. The first-order valence-electron chi connectivity index (χ1n) is 9.72. The highest BCUT2D eigenvalue weighted by molar-refractivity contribution is 6.04. The zero-order valence-corrected chi connectivity index (χ0v) is 15.7. The van der Waals surface area contributed by atoms with Crippen LogP contribution in [0.15, 0.2) is 54.6 Å². The van der Waals surface area contributed by atoms with Crippen molar-refractivity contribution in [2.45, 2.75) is 31.4 Å². The van der Waals surface area contributed by atoms with Gasteiger partial charge in [0.15, 0.2) is 0 Å². The summed E-state index contributed by atoms with van der Waals surface area (Å²) in [6.45, 7) is 0.602. The number of aliphatic hydroxyl groups excluding tert-OH is 1. The molecule has 6 nitrogen and oxygen atoms in total. The first-order valence-corrected chi connectivity index (χ1v) is 9.72. The summed E-state index contributed by atoms with van der Waals surface area (Å²) in [4.78, 5) is 27.7. The highest BCUT2D eigenvalue weighted by atomic mass is 16.5. The van der Waals surface area contributed by atoms with Crippen molar-refractivity contribution in [1.82, 2.24) is 9.80 Å². The number of hydrogen-bond donors (Lipinski definition) is 1. The summed E-state index contributed by atoms with van der Waals surface area (Å²) in [6, 6.07) is 17.0. The van der Waals surface area contributed by atoms with Crippen molar-refractivity contribution in [2.24, 2.45) is 0 Å². The Bertz CT molecular complexity index is 813. The number of carbonyl (C=O) groups excluding carboxylic acids is 2. The molecule has 0 unspecified atom stereocenters. The molecule has 0 spiro atoms. The molecule has 0 aliphatic carbocycles. The summed E-state index contributed by atoms with van der Waals surface area (Å²) in [5.74, 6) is 0.436. The molecule has 2 heterocycles. The Hall–Kier alpha value is -2.86. The lowest BCUT2D eigenvalue weighted by molar-refractivity contribution is -0.129. The maximum atomic E-state index is 12.4. The number of nitrogens with zero attached hydrogens (tertiary/aromatic N) is 2. The van der Waals surface area contributed by atoms with E-state index in [0.29, 0.717) is 18.7 Å². The van der Waals surface area contributed by atoms with Crippen LogP contribution in [0.1, 0.15) is 19.3 Å². The van der Waals surface area contributed by atoms with E-state index in [4.69, 9.17) is 4.74 Å². The number of hydrogen-bond acceptors (Lipinski definition) is 4. The molecule has 2 aromatic rings. The highest BCUT2D eigenvalue weighted by Gasteiger charge is 2.46. The van der Waals surface area contributed by atoms with E-state index in [-0.39, 0.29) is 31.1 Å². The third-order valence-electron chi connectivity index (χ3n) is 5.33. The SMILES string of the molecule is O=C1[C@@H]2CCCCN2C(=O)N1C[C@H](O)COc1ccc(-c2ccccc2)cc1. The van der Waals surface area contributed by atoms with Gasteiger partial charge >= 0.3 is 6.03 Å². The second kappa shape index (κ2) is 8.02. The van der Waals surface area contributed by atoms with Crippen molar-refractivity contribution in [3.8, 4) is 16.9 Å². The van der Waals surface area contributed by atoms with Crippen LogP contribution >= 0.6 is 0 Å². The van der Waals surface area contributed by atoms with Gasteiger partial charge in [0.1, 0.15) is 24.5 Å². The number of ether oxygens (including phenoxy) is 1. The zero-order chi connectivity index (χ0) is 19.5. The summed E-state index contributed by atoms with van der Waals surface area (Å²) in [5, 5.41) is 10.3. The van der Waals surface area contributed by atoms with Crippen molar-refractivity contribution in [1.29, 1.82) is 0 Å². The van der Waals surface area contributed by atoms with Crippen LogP contribution in [0, 0.1) is 0 Å². The molecule has 146 valence electrons. The average Bonchev–Trinajstić information content (AvgIpc) is 2.98. The largest absolute Gasteiger partial charge is 0.491 e. The van der Waals surface area contributed by atoms with E-state index in [1.807, 2.05) is 54.6 Å².